The molecule has 17 heavy (non-hydrogen) atoms. The molecule has 0 bridgehead atoms. The number of hydrogen-bond acceptors (Lipinski definition) is 3. The molecule has 3 heteroatoms. The highest BCUT2D eigenvalue weighted by Gasteiger charge is 2.19. The zero-order valence-corrected chi connectivity index (χ0v) is 10.8. The fourth-order valence-electron chi connectivity index (χ4n) is 2.34. The normalized spacial score (nSPS) is 20.5. The summed E-state index contributed by atoms with van der Waals surface area (Å²) in [5.74, 6) is 0.942. The summed E-state index contributed by atoms with van der Waals surface area (Å²) in [5, 5.41) is 3.49. The van der Waals surface area contributed by atoms with E-state index in [1.165, 1.54) is 19.4 Å². The lowest BCUT2D eigenvalue weighted by Crippen LogP contribution is -2.31. The van der Waals surface area contributed by atoms with E-state index in [9.17, 15) is 0 Å². The third-order valence-electron chi connectivity index (χ3n) is 3.36. The van der Waals surface area contributed by atoms with Crippen LogP contribution in [-0.2, 0) is 0 Å². The van der Waals surface area contributed by atoms with Crippen molar-refractivity contribution in [2.24, 2.45) is 0 Å². The van der Waals surface area contributed by atoms with Crippen LogP contribution in [-0.4, -0.2) is 37.7 Å². The van der Waals surface area contributed by atoms with Gasteiger partial charge in [0.15, 0.2) is 0 Å². The fraction of sp³-hybridized carbons (Fsp3) is 0.571. The van der Waals surface area contributed by atoms with Gasteiger partial charge in [-0.3, -0.25) is 0 Å². The third kappa shape index (κ3) is 3.37. The maximum Gasteiger partial charge on any atom is 0.121 e. The molecule has 0 radical (unpaired) electrons. The lowest BCUT2D eigenvalue weighted by Gasteiger charge is -2.20. The molecule has 3 nitrogen and oxygen atoms in total. The summed E-state index contributed by atoms with van der Waals surface area (Å²) >= 11 is 0. The number of likely N-dealkylation sites (tertiary alicyclic amines) is 1. The van der Waals surface area contributed by atoms with E-state index in [1.54, 1.807) is 0 Å². The van der Waals surface area contributed by atoms with Crippen LogP contribution in [0.3, 0.4) is 0 Å². The van der Waals surface area contributed by atoms with Gasteiger partial charge in [-0.25, -0.2) is 0 Å². The molecular weight excluding hydrogens is 212 g/mol. The van der Waals surface area contributed by atoms with E-state index < -0.39 is 0 Å². The van der Waals surface area contributed by atoms with Gasteiger partial charge in [-0.2, -0.15) is 0 Å². The van der Waals surface area contributed by atoms with E-state index in [1.807, 2.05) is 19.1 Å². The molecule has 1 aliphatic heterocycles. The van der Waals surface area contributed by atoms with Crippen molar-refractivity contribution in [3.63, 3.8) is 0 Å². The Morgan fingerprint density at radius 1 is 1.47 bits per heavy atom. The quantitative estimate of drug-likeness (QED) is 0.847. The first kappa shape index (κ1) is 12.2. The summed E-state index contributed by atoms with van der Waals surface area (Å²) in [7, 11) is 2.20. The maximum atomic E-state index is 5.49. The Labute approximate surface area is 104 Å². The number of rotatable bonds is 5. The number of benzene rings is 1. The summed E-state index contributed by atoms with van der Waals surface area (Å²) in [5.41, 5.74) is 1.15. The average molecular weight is 234 g/mol. The van der Waals surface area contributed by atoms with Gasteiger partial charge in [0.05, 0.1) is 6.61 Å². The molecule has 2 rings (SSSR count). The summed E-state index contributed by atoms with van der Waals surface area (Å²) in [6.07, 6.45) is 2.62. The summed E-state index contributed by atoms with van der Waals surface area (Å²) in [4.78, 5) is 2.43. The van der Waals surface area contributed by atoms with Crippen LogP contribution in [0.15, 0.2) is 24.3 Å². The second-order valence-electron chi connectivity index (χ2n) is 4.62. The summed E-state index contributed by atoms with van der Waals surface area (Å²) in [6.45, 7) is 4.97. The minimum absolute atomic E-state index is 0.672. The summed E-state index contributed by atoms with van der Waals surface area (Å²) in [6, 6.07) is 8.86. The predicted octanol–water partition coefficient (Wildman–Crippen LogP) is 2.59. The Bertz CT molecular complexity index is 354. The Hall–Kier alpha value is -1.22. The van der Waals surface area contributed by atoms with Crippen LogP contribution < -0.4 is 10.1 Å². The number of likely N-dealkylation sites (N-methyl/N-ethyl adjacent to an activating group) is 1. The lowest BCUT2D eigenvalue weighted by molar-refractivity contribution is 0.322. The second-order valence-corrected chi connectivity index (χ2v) is 4.62. The third-order valence-corrected chi connectivity index (χ3v) is 3.36. The van der Waals surface area contributed by atoms with Crippen LogP contribution in [0, 0.1) is 0 Å². The van der Waals surface area contributed by atoms with E-state index in [2.05, 4.69) is 29.4 Å². The molecule has 1 saturated heterocycles. The molecule has 1 aromatic carbocycles. The predicted molar refractivity (Wildman–Crippen MR) is 71.8 cm³/mol. The van der Waals surface area contributed by atoms with Gasteiger partial charge < -0.3 is 15.0 Å². The minimum Gasteiger partial charge on any atom is -0.494 e. The Balaban J connectivity index is 1.87. The SMILES string of the molecule is CCOc1cccc(NCC2CCCN2C)c1. The first-order chi connectivity index (χ1) is 8.29. The molecule has 1 aliphatic rings. The van der Waals surface area contributed by atoms with E-state index in [0.717, 1.165) is 24.6 Å². The first-order valence-corrected chi connectivity index (χ1v) is 6.46. The molecule has 94 valence electrons. The van der Waals surface area contributed by atoms with Crippen molar-refractivity contribution < 1.29 is 4.74 Å². The molecule has 1 heterocycles. The van der Waals surface area contributed by atoms with Crippen molar-refractivity contribution in [1.29, 1.82) is 0 Å². The highest BCUT2D eigenvalue weighted by Crippen LogP contribution is 2.19. The number of anilines is 1. The van der Waals surface area contributed by atoms with Crippen LogP contribution in [0.4, 0.5) is 5.69 Å². The fourth-order valence-corrected chi connectivity index (χ4v) is 2.34. The van der Waals surface area contributed by atoms with Gasteiger partial charge in [0.1, 0.15) is 5.75 Å². The first-order valence-electron chi connectivity index (χ1n) is 6.46. The topological polar surface area (TPSA) is 24.5 Å². The molecular formula is C14H22N2O. The number of nitrogens with zero attached hydrogens (tertiary/aromatic N) is 1. The van der Waals surface area contributed by atoms with Crippen molar-refractivity contribution in [1.82, 2.24) is 4.90 Å². The molecule has 1 N–H and O–H groups in total. The van der Waals surface area contributed by atoms with Crippen LogP contribution in [0.25, 0.3) is 0 Å². The standard InChI is InChI=1S/C14H22N2O/c1-3-17-14-8-4-6-12(10-14)15-11-13-7-5-9-16(13)2/h4,6,8,10,13,15H,3,5,7,9,11H2,1-2H3. The van der Waals surface area contributed by atoms with Crippen molar-refractivity contribution in [2.75, 3.05) is 32.1 Å². The van der Waals surface area contributed by atoms with Crippen LogP contribution >= 0.6 is 0 Å². The minimum atomic E-state index is 0.672. The lowest BCUT2D eigenvalue weighted by atomic mass is 10.2. The van der Waals surface area contributed by atoms with E-state index in [4.69, 9.17) is 4.74 Å². The van der Waals surface area contributed by atoms with Crippen LogP contribution in [0.5, 0.6) is 5.75 Å². The van der Waals surface area contributed by atoms with Crippen molar-refractivity contribution in [3.05, 3.63) is 24.3 Å². The molecule has 1 fully saturated rings. The van der Waals surface area contributed by atoms with Crippen molar-refractivity contribution in [3.8, 4) is 5.75 Å². The van der Waals surface area contributed by atoms with Gasteiger partial charge in [0.2, 0.25) is 0 Å². The molecule has 0 saturated carbocycles. The zero-order valence-electron chi connectivity index (χ0n) is 10.8. The molecule has 1 atom stereocenters. The largest absolute Gasteiger partial charge is 0.494 e. The van der Waals surface area contributed by atoms with Gasteiger partial charge >= 0.3 is 0 Å². The second kappa shape index (κ2) is 5.92. The monoisotopic (exact) mass is 234 g/mol. The van der Waals surface area contributed by atoms with Crippen molar-refractivity contribution >= 4 is 5.69 Å². The number of ether oxygens (including phenoxy) is 1. The smallest absolute Gasteiger partial charge is 0.121 e. The molecule has 0 spiro atoms. The Morgan fingerprint density at radius 3 is 3.06 bits per heavy atom. The number of hydrogen-bond donors (Lipinski definition) is 1. The van der Waals surface area contributed by atoms with Crippen LogP contribution in [0.2, 0.25) is 0 Å². The van der Waals surface area contributed by atoms with Gasteiger partial charge in [0.25, 0.3) is 0 Å². The highest BCUT2D eigenvalue weighted by atomic mass is 16.5. The maximum absolute atomic E-state index is 5.49. The van der Waals surface area contributed by atoms with Gasteiger partial charge in [-0.15, -0.1) is 0 Å². The summed E-state index contributed by atoms with van der Waals surface area (Å²) < 4.78 is 5.49. The van der Waals surface area contributed by atoms with Gasteiger partial charge in [-0.05, 0) is 45.5 Å². The molecule has 0 aliphatic carbocycles. The molecule has 1 unspecified atom stereocenters. The van der Waals surface area contributed by atoms with Gasteiger partial charge in [-0.1, -0.05) is 6.07 Å². The molecule has 1 aromatic rings. The van der Waals surface area contributed by atoms with Gasteiger partial charge in [0, 0.05) is 24.3 Å². The zero-order chi connectivity index (χ0) is 12.1. The van der Waals surface area contributed by atoms with Crippen LogP contribution in [0.1, 0.15) is 19.8 Å². The Kier molecular flexibility index (Phi) is 4.26. The van der Waals surface area contributed by atoms with E-state index in [-0.39, 0.29) is 0 Å². The number of nitrogens with one attached hydrogen (secondary N) is 1. The molecule has 0 aromatic heterocycles. The Morgan fingerprint density at radius 2 is 2.35 bits per heavy atom. The highest BCUT2D eigenvalue weighted by molar-refractivity contribution is 5.48. The average Bonchev–Trinajstić information content (AvgIpc) is 2.73. The van der Waals surface area contributed by atoms with Crippen molar-refractivity contribution in [2.45, 2.75) is 25.8 Å². The van der Waals surface area contributed by atoms with E-state index >= 15 is 0 Å². The van der Waals surface area contributed by atoms with E-state index in [0.29, 0.717) is 6.04 Å². The molecule has 0 amide bonds.